The Balaban J connectivity index is 1.73. The second-order valence-corrected chi connectivity index (χ2v) is 5.80. The SMILES string of the molecule is O=Cc1ccc(CN2Cc3ccccc3C2=O)c2ccccc12. The van der Waals surface area contributed by atoms with Crippen molar-refractivity contribution in [2.24, 2.45) is 0 Å². The highest BCUT2D eigenvalue weighted by Gasteiger charge is 2.27. The Kier molecular flexibility index (Phi) is 3.19. The van der Waals surface area contributed by atoms with Gasteiger partial charge in [-0.1, -0.05) is 54.6 Å². The van der Waals surface area contributed by atoms with Crippen LogP contribution >= 0.6 is 0 Å². The molecule has 4 rings (SSSR count). The van der Waals surface area contributed by atoms with E-state index < -0.39 is 0 Å². The lowest BCUT2D eigenvalue weighted by atomic mass is 10.00. The normalized spacial score (nSPS) is 13.4. The second-order valence-electron chi connectivity index (χ2n) is 5.80. The molecular weight excluding hydrogens is 286 g/mol. The minimum absolute atomic E-state index is 0.0733. The molecule has 1 aliphatic rings. The van der Waals surface area contributed by atoms with Crippen molar-refractivity contribution < 1.29 is 9.59 Å². The lowest BCUT2D eigenvalue weighted by molar-refractivity contribution is 0.0767. The Morgan fingerprint density at radius 2 is 1.65 bits per heavy atom. The molecule has 0 radical (unpaired) electrons. The van der Waals surface area contributed by atoms with Crippen LogP contribution in [-0.4, -0.2) is 17.1 Å². The molecule has 112 valence electrons. The van der Waals surface area contributed by atoms with E-state index in [0.29, 0.717) is 18.7 Å². The molecule has 0 saturated carbocycles. The lowest BCUT2D eigenvalue weighted by Gasteiger charge is -2.17. The summed E-state index contributed by atoms with van der Waals surface area (Å²) in [5.41, 5.74) is 3.61. The molecule has 0 saturated heterocycles. The fourth-order valence-electron chi connectivity index (χ4n) is 3.27. The highest BCUT2D eigenvalue weighted by atomic mass is 16.2. The first-order chi connectivity index (χ1) is 11.3. The van der Waals surface area contributed by atoms with Crippen molar-refractivity contribution in [3.8, 4) is 0 Å². The maximum Gasteiger partial charge on any atom is 0.254 e. The number of carbonyl (C=O) groups is 2. The van der Waals surface area contributed by atoms with Crippen LogP contribution in [-0.2, 0) is 13.1 Å². The molecule has 0 N–H and O–H groups in total. The number of fused-ring (bicyclic) bond motifs is 2. The summed E-state index contributed by atoms with van der Waals surface area (Å²) < 4.78 is 0. The smallest absolute Gasteiger partial charge is 0.254 e. The van der Waals surface area contributed by atoms with Crippen molar-refractivity contribution in [3.05, 3.63) is 82.9 Å². The standard InChI is InChI=1S/C20H15NO2/c22-13-16-10-9-15(17-6-3-4-7-18(16)17)12-21-11-14-5-1-2-8-19(14)20(21)23/h1-10,13H,11-12H2. The van der Waals surface area contributed by atoms with Gasteiger partial charge < -0.3 is 4.90 Å². The van der Waals surface area contributed by atoms with Crippen LogP contribution < -0.4 is 0 Å². The van der Waals surface area contributed by atoms with E-state index in [1.54, 1.807) is 0 Å². The van der Waals surface area contributed by atoms with Gasteiger partial charge in [0.15, 0.2) is 6.29 Å². The third-order valence-electron chi connectivity index (χ3n) is 4.43. The lowest BCUT2D eigenvalue weighted by Crippen LogP contribution is -2.23. The molecule has 1 heterocycles. The summed E-state index contributed by atoms with van der Waals surface area (Å²) in [6.07, 6.45) is 0.878. The summed E-state index contributed by atoms with van der Waals surface area (Å²) in [4.78, 5) is 25.6. The largest absolute Gasteiger partial charge is 0.330 e. The van der Waals surface area contributed by atoms with E-state index in [2.05, 4.69) is 0 Å². The molecule has 0 fully saturated rings. The zero-order chi connectivity index (χ0) is 15.8. The molecule has 3 aromatic rings. The molecule has 23 heavy (non-hydrogen) atoms. The Labute approximate surface area is 134 Å². The molecule has 0 unspecified atom stereocenters. The first-order valence-electron chi connectivity index (χ1n) is 7.61. The number of hydrogen-bond donors (Lipinski definition) is 0. The zero-order valence-electron chi connectivity index (χ0n) is 12.5. The van der Waals surface area contributed by atoms with Crippen molar-refractivity contribution in [3.63, 3.8) is 0 Å². The van der Waals surface area contributed by atoms with Gasteiger partial charge in [0.1, 0.15) is 0 Å². The topological polar surface area (TPSA) is 37.4 Å². The van der Waals surface area contributed by atoms with E-state index in [1.807, 2.05) is 65.6 Å². The van der Waals surface area contributed by atoms with E-state index in [4.69, 9.17) is 0 Å². The molecule has 3 aromatic carbocycles. The van der Waals surface area contributed by atoms with Crippen LogP contribution in [0, 0.1) is 0 Å². The minimum atomic E-state index is 0.0733. The van der Waals surface area contributed by atoms with Crippen LogP contribution in [0.3, 0.4) is 0 Å². The second kappa shape index (κ2) is 5.36. The highest BCUT2D eigenvalue weighted by Crippen LogP contribution is 2.27. The van der Waals surface area contributed by atoms with Crippen LogP contribution in [0.1, 0.15) is 31.8 Å². The van der Waals surface area contributed by atoms with Gasteiger partial charge in [0.25, 0.3) is 5.91 Å². The van der Waals surface area contributed by atoms with Gasteiger partial charge in [-0.25, -0.2) is 0 Å². The summed E-state index contributed by atoms with van der Waals surface area (Å²) in [5, 5.41) is 1.96. The summed E-state index contributed by atoms with van der Waals surface area (Å²) in [6.45, 7) is 1.19. The number of amides is 1. The molecule has 0 atom stereocenters. The fraction of sp³-hybridized carbons (Fsp3) is 0.100. The number of rotatable bonds is 3. The molecule has 1 aliphatic heterocycles. The summed E-state index contributed by atoms with van der Waals surface area (Å²) >= 11 is 0. The van der Waals surface area contributed by atoms with Gasteiger partial charge in [0, 0.05) is 24.2 Å². The molecule has 3 heteroatoms. The van der Waals surface area contributed by atoms with Crippen molar-refractivity contribution in [2.75, 3.05) is 0 Å². The average Bonchev–Trinajstić information content (AvgIpc) is 2.91. The van der Waals surface area contributed by atoms with Crippen molar-refractivity contribution >= 4 is 23.0 Å². The van der Waals surface area contributed by atoms with Crippen LogP contribution in [0.4, 0.5) is 0 Å². The molecule has 0 aromatic heterocycles. The number of benzene rings is 3. The number of aldehydes is 1. The van der Waals surface area contributed by atoms with E-state index in [-0.39, 0.29) is 5.91 Å². The van der Waals surface area contributed by atoms with Crippen LogP contribution in [0.2, 0.25) is 0 Å². The Morgan fingerprint density at radius 3 is 2.43 bits per heavy atom. The summed E-state index contributed by atoms with van der Waals surface area (Å²) in [6, 6.07) is 19.4. The molecule has 3 nitrogen and oxygen atoms in total. The minimum Gasteiger partial charge on any atom is -0.330 e. The maximum absolute atomic E-state index is 12.5. The monoisotopic (exact) mass is 301 g/mol. The van der Waals surface area contributed by atoms with Gasteiger partial charge in [0.05, 0.1) is 0 Å². The van der Waals surface area contributed by atoms with Crippen molar-refractivity contribution in [1.82, 2.24) is 4.90 Å². The Bertz CT molecular complexity index is 930. The number of carbonyl (C=O) groups excluding carboxylic acids is 2. The van der Waals surface area contributed by atoms with Gasteiger partial charge in [-0.2, -0.15) is 0 Å². The number of nitrogens with zero attached hydrogens (tertiary/aromatic N) is 1. The van der Waals surface area contributed by atoms with Gasteiger partial charge in [-0.3, -0.25) is 9.59 Å². The quantitative estimate of drug-likeness (QED) is 0.690. The average molecular weight is 301 g/mol. The first-order valence-corrected chi connectivity index (χ1v) is 7.61. The molecule has 1 amide bonds. The van der Waals surface area contributed by atoms with E-state index >= 15 is 0 Å². The van der Waals surface area contributed by atoms with Crippen molar-refractivity contribution in [1.29, 1.82) is 0 Å². The molecule has 0 spiro atoms. The number of hydrogen-bond acceptors (Lipinski definition) is 2. The predicted molar refractivity (Wildman–Crippen MR) is 89.4 cm³/mol. The fourth-order valence-corrected chi connectivity index (χ4v) is 3.27. The van der Waals surface area contributed by atoms with E-state index in [9.17, 15) is 9.59 Å². The van der Waals surface area contributed by atoms with Crippen LogP contribution in [0.15, 0.2) is 60.7 Å². The van der Waals surface area contributed by atoms with Crippen LogP contribution in [0.25, 0.3) is 10.8 Å². The Morgan fingerprint density at radius 1 is 0.913 bits per heavy atom. The summed E-state index contributed by atoms with van der Waals surface area (Å²) in [7, 11) is 0. The van der Waals surface area contributed by atoms with E-state index in [0.717, 1.165) is 33.7 Å². The highest BCUT2D eigenvalue weighted by molar-refractivity contribution is 6.01. The Hall–Kier alpha value is -2.94. The predicted octanol–water partition coefficient (Wildman–Crippen LogP) is 3.81. The van der Waals surface area contributed by atoms with Gasteiger partial charge in [-0.15, -0.1) is 0 Å². The molecule has 0 aliphatic carbocycles. The third-order valence-corrected chi connectivity index (χ3v) is 4.43. The third kappa shape index (κ3) is 2.21. The van der Waals surface area contributed by atoms with Crippen LogP contribution in [0.5, 0.6) is 0 Å². The summed E-state index contributed by atoms with van der Waals surface area (Å²) in [5.74, 6) is 0.0733. The van der Waals surface area contributed by atoms with Gasteiger partial charge in [-0.05, 0) is 28.0 Å². The maximum atomic E-state index is 12.5. The van der Waals surface area contributed by atoms with Gasteiger partial charge >= 0.3 is 0 Å². The first kappa shape index (κ1) is 13.7. The van der Waals surface area contributed by atoms with E-state index in [1.165, 1.54) is 0 Å². The zero-order valence-corrected chi connectivity index (χ0v) is 12.5. The molecule has 0 bridgehead atoms. The van der Waals surface area contributed by atoms with Crippen molar-refractivity contribution in [2.45, 2.75) is 13.1 Å². The molecular formula is C20H15NO2. The van der Waals surface area contributed by atoms with Gasteiger partial charge in [0.2, 0.25) is 0 Å².